The first kappa shape index (κ1) is 16.2. The lowest BCUT2D eigenvalue weighted by Gasteiger charge is -2.39. The minimum Gasteiger partial charge on any atom is -0.377 e. The van der Waals surface area contributed by atoms with Crippen LogP contribution in [0.2, 0.25) is 0 Å². The lowest BCUT2D eigenvalue weighted by Crippen LogP contribution is -2.56. The highest BCUT2D eigenvalue weighted by Crippen LogP contribution is 2.35. The highest BCUT2D eigenvalue weighted by atomic mass is 19.4. The topological polar surface area (TPSA) is 60.2 Å². The van der Waals surface area contributed by atoms with E-state index in [0.717, 1.165) is 0 Å². The fraction of sp³-hybridized carbons (Fsp3) is 0.846. The smallest absolute Gasteiger partial charge is 0.377 e. The second-order valence-corrected chi connectivity index (χ2v) is 5.91. The van der Waals surface area contributed by atoms with E-state index in [1.807, 2.05) is 13.8 Å². The predicted molar refractivity (Wildman–Crippen MR) is 68.7 cm³/mol. The van der Waals surface area contributed by atoms with Crippen LogP contribution >= 0.6 is 0 Å². The summed E-state index contributed by atoms with van der Waals surface area (Å²) in [7, 11) is 1.51. The van der Waals surface area contributed by atoms with Gasteiger partial charge in [-0.15, -0.1) is 0 Å². The number of rotatable bonds is 4. The Hall–Kier alpha value is -1.15. The molecule has 1 fully saturated rings. The Labute approximate surface area is 121 Å². The number of halogens is 3. The fourth-order valence-electron chi connectivity index (χ4n) is 2.62. The van der Waals surface area contributed by atoms with Gasteiger partial charge in [0, 0.05) is 13.2 Å². The summed E-state index contributed by atoms with van der Waals surface area (Å²) in [6.45, 7) is 3.84. The average Bonchev–Trinajstić information content (AvgIpc) is 2.88. The van der Waals surface area contributed by atoms with Crippen LogP contribution in [0.3, 0.4) is 0 Å². The second-order valence-electron chi connectivity index (χ2n) is 5.91. The number of hydrogen-bond donors (Lipinski definition) is 1. The zero-order valence-electron chi connectivity index (χ0n) is 12.3. The Balaban J connectivity index is 2.13. The molecule has 0 unspecified atom stereocenters. The molecule has 0 amide bonds. The molecule has 2 atom stereocenters. The van der Waals surface area contributed by atoms with Crippen LogP contribution in [0.5, 0.6) is 0 Å². The zero-order valence-corrected chi connectivity index (χ0v) is 12.3. The van der Waals surface area contributed by atoms with Crippen molar-refractivity contribution in [3.8, 4) is 0 Å². The number of nitrogens with one attached hydrogen (secondary N) is 1. The molecule has 1 aromatic heterocycles. The lowest BCUT2D eigenvalue weighted by atomic mass is 9.78. The Morgan fingerprint density at radius 2 is 1.95 bits per heavy atom. The highest BCUT2D eigenvalue weighted by molar-refractivity contribution is 5.08. The van der Waals surface area contributed by atoms with Gasteiger partial charge in [0.05, 0.1) is 5.41 Å². The zero-order chi connectivity index (χ0) is 15.7. The second kappa shape index (κ2) is 5.92. The van der Waals surface area contributed by atoms with Gasteiger partial charge in [0.25, 0.3) is 0 Å². The van der Waals surface area contributed by atoms with E-state index in [2.05, 4.69) is 15.5 Å². The van der Waals surface area contributed by atoms with E-state index in [1.54, 1.807) is 0 Å². The van der Waals surface area contributed by atoms with Gasteiger partial charge in [-0.2, -0.15) is 18.2 Å². The van der Waals surface area contributed by atoms with Crippen molar-refractivity contribution in [2.75, 3.05) is 7.11 Å². The summed E-state index contributed by atoms with van der Waals surface area (Å²) in [5.74, 6) is 0.721. The van der Waals surface area contributed by atoms with Gasteiger partial charge in [0.15, 0.2) is 5.82 Å². The molecule has 1 aliphatic heterocycles. The van der Waals surface area contributed by atoms with Crippen molar-refractivity contribution < 1.29 is 22.4 Å². The van der Waals surface area contributed by atoms with Crippen molar-refractivity contribution in [1.82, 2.24) is 15.5 Å². The van der Waals surface area contributed by atoms with Crippen molar-refractivity contribution in [3.63, 3.8) is 0 Å². The van der Waals surface area contributed by atoms with Crippen molar-refractivity contribution in [2.45, 2.75) is 63.4 Å². The molecule has 1 aliphatic rings. The molecule has 0 aliphatic carbocycles. The normalized spacial score (nSPS) is 24.3. The molecule has 0 spiro atoms. The molecule has 1 aromatic rings. The third-order valence-corrected chi connectivity index (χ3v) is 3.95. The van der Waals surface area contributed by atoms with E-state index in [1.165, 1.54) is 7.11 Å². The van der Waals surface area contributed by atoms with Gasteiger partial charge >= 0.3 is 6.18 Å². The number of nitrogens with zero attached hydrogens (tertiary/aromatic N) is 2. The minimum atomic E-state index is -4.23. The van der Waals surface area contributed by atoms with Gasteiger partial charge in [-0.1, -0.05) is 5.16 Å². The van der Waals surface area contributed by atoms with Gasteiger partial charge in [-0.3, -0.25) is 0 Å². The Bertz CT molecular complexity index is 473. The number of hydrogen-bond acceptors (Lipinski definition) is 5. The third kappa shape index (κ3) is 3.55. The van der Waals surface area contributed by atoms with Crippen LogP contribution in [0, 0.1) is 0 Å². The van der Waals surface area contributed by atoms with E-state index < -0.39 is 17.6 Å². The molecule has 1 N–H and O–H groups in total. The van der Waals surface area contributed by atoms with Crippen LogP contribution < -0.4 is 5.32 Å². The van der Waals surface area contributed by atoms with Gasteiger partial charge in [0.1, 0.15) is 12.6 Å². The maximum Gasteiger partial charge on any atom is 0.403 e. The van der Waals surface area contributed by atoms with Gasteiger partial charge in [0.2, 0.25) is 5.89 Å². The van der Waals surface area contributed by atoms with Crippen LogP contribution in [-0.4, -0.2) is 35.5 Å². The van der Waals surface area contributed by atoms with Crippen LogP contribution in [-0.2, 0) is 16.8 Å². The summed E-state index contributed by atoms with van der Waals surface area (Å²) >= 11 is 0. The van der Waals surface area contributed by atoms with E-state index in [4.69, 9.17) is 9.26 Å². The third-order valence-electron chi connectivity index (χ3n) is 3.95. The van der Waals surface area contributed by atoms with Crippen molar-refractivity contribution >= 4 is 0 Å². The van der Waals surface area contributed by atoms with Gasteiger partial charge in [-0.25, -0.2) is 0 Å². The van der Waals surface area contributed by atoms with Crippen LogP contribution in [0.15, 0.2) is 4.52 Å². The molecule has 2 rings (SSSR count). The quantitative estimate of drug-likeness (QED) is 0.926. The standard InChI is InChI=1S/C13H20F3N3O2/c1-12(2,11-18-10(7-20-3)19-21-11)8-5-4-6-9(17-8)13(14,15)16/h8-9,17H,4-7H2,1-3H3/t8-,9+/m0/s1. The molecule has 0 radical (unpaired) electrons. The van der Waals surface area contributed by atoms with E-state index >= 15 is 0 Å². The van der Waals surface area contributed by atoms with Crippen LogP contribution in [0.1, 0.15) is 44.8 Å². The number of methoxy groups -OCH3 is 1. The van der Waals surface area contributed by atoms with Crippen LogP contribution in [0.4, 0.5) is 13.2 Å². The molecular weight excluding hydrogens is 287 g/mol. The Kier molecular flexibility index (Phi) is 4.57. The minimum absolute atomic E-state index is 0.106. The molecule has 0 aromatic carbocycles. The van der Waals surface area contributed by atoms with E-state index in [0.29, 0.717) is 24.6 Å². The maximum atomic E-state index is 12.9. The number of piperidine rings is 1. The van der Waals surface area contributed by atoms with Crippen molar-refractivity contribution in [2.24, 2.45) is 0 Å². The van der Waals surface area contributed by atoms with E-state index in [9.17, 15) is 13.2 Å². The van der Waals surface area contributed by atoms with Gasteiger partial charge in [-0.05, 0) is 33.1 Å². The molecule has 21 heavy (non-hydrogen) atoms. The molecule has 2 heterocycles. The largest absolute Gasteiger partial charge is 0.403 e. The molecule has 5 nitrogen and oxygen atoms in total. The fourth-order valence-corrected chi connectivity index (χ4v) is 2.62. The van der Waals surface area contributed by atoms with Crippen molar-refractivity contribution in [3.05, 3.63) is 11.7 Å². The first-order chi connectivity index (χ1) is 9.75. The molecule has 8 heteroatoms. The summed E-state index contributed by atoms with van der Waals surface area (Å²) in [4.78, 5) is 4.21. The predicted octanol–water partition coefficient (Wildman–Crippen LogP) is 2.57. The first-order valence-electron chi connectivity index (χ1n) is 6.90. The highest BCUT2D eigenvalue weighted by Gasteiger charge is 2.46. The maximum absolute atomic E-state index is 12.9. The summed E-state index contributed by atoms with van der Waals surface area (Å²) in [5.41, 5.74) is -0.678. The summed E-state index contributed by atoms with van der Waals surface area (Å²) in [5, 5.41) is 6.46. The SMILES string of the molecule is COCc1noc(C(C)(C)[C@@H]2CCC[C@H](C(F)(F)F)N2)n1. The van der Waals surface area contributed by atoms with Crippen molar-refractivity contribution in [1.29, 1.82) is 0 Å². The molecule has 0 saturated carbocycles. The molecule has 0 bridgehead atoms. The number of ether oxygens (including phenoxy) is 1. The summed E-state index contributed by atoms with van der Waals surface area (Å²) in [6, 6.07) is -1.84. The molecule has 1 saturated heterocycles. The summed E-state index contributed by atoms with van der Waals surface area (Å²) < 4.78 is 48.7. The Morgan fingerprint density at radius 1 is 1.29 bits per heavy atom. The average molecular weight is 307 g/mol. The monoisotopic (exact) mass is 307 g/mol. The Morgan fingerprint density at radius 3 is 2.57 bits per heavy atom. The van der Waals surface area contributed by atoms with E-state index in [-0.39, 0.29) is 19.1 Å². The number of alkyl halides is 3. The first-order valence-corrected chi connectivity index (χ1v) is 6.90. The molecule has 120 valence electrons. The number of aromatic nitrogens is 2. The lowest BCUT2D eigenvalue weighted by molar-refractivity contribution is -0.164. The summed E-state index contributed by atoms with van der Waals surface area (Å²) in [6.07, 6.45) is -2.97. The van der Waals surface area contributed by atoms with Crippen LogP contribution in [0.25, 0.3) is 0 Å². The van der Waals surface area contributed by atoms with Gasteiger partial charge < -0.3 is 14.6 Å². The molecular formula is C13H20F3N3O2.